The molecule has 0 heterocycles. The Hall–Kier alpha value is -2.30. The van der Waals surface area contributed by atoms with Gasteiger partial charge in [-0.15, -0.1) is 0 Å². The summed E-state index contributed by atoms with van der Waals surface area (Å²) in [7, 11) is 0. The number of rotatable bonds is 5. The lowest BCUT2D eigenvalue weighted by molar-refractivity contribution is -0.138. The Labute approximate surface area is 132 Å². The summed E-state index contributed by atoms with van der Waals surface area (Å²) in [6.45, 7) is 1.89. The molecule has 0 saturated heterocycles. The standard InChI is InChI=1S/C18H17F3O2/c1-2-12(11-17(22)23)13-7-9-14(10-8-13)15-5-3-4-6-16(15)18(19,20)21/h3-10,12H,2,11H2,1H3,(H,22,23). The molecule has 2 aromatic rings. The molecule has 2 rings (SSSR count). The summed E-state index contributed by atoms with van der Waals surface area (Å²) in [6.07, 6.45) is -3.75. The van der Waals surface area contributed by atoms with Crippen LogP contribution in [0.25, 0.3) is 11.1 Å². The molecule has 1 N–H and O–H groups in total. The van der Waals surface area contributed by atoms with Crippen molar-refractivity contribution in [1.82, 2.24) is 0 Å². The van der Waals surface area contributed by atoms with E-state index in [4.69, 9.17) is 5.11 Å². The van der Waals surface area contributed by atoms with Gasteiger partial charge in [-0.05, 0) is 35.1 Å². The van der Waals surface area contributed by atoms with Crippen LogP contribution in [0.1, 0.15) is 36.8 Å². The topological polar surface area (TPSA) is 37.3 Å². The second-order valence-electron chi connectivity index (χ2n) is 5.37. The van der Waals surface area contributed by atoms with Crippen molar-refractivity contribution < 1.29 is 23.1 Å². The number of carboxylic acids is 1. The summed E-state index contributed by atoms with van der Waals surface area (Å²) in [4.78, 5) is 10.9. The highest BCUT2D eigenvalue weighted by Crippen LogP contribution is 2.37. The Morgan fingerprint density at radius 3 is 2.22 bits per heavy atom. The molecule has 0 aromatic heterocycles. The highest BCUT2D eigenvalue weighted by Gasteiger charge is 2.33. The summed E-state index contributed by atoms with van der Waals surface area (Å²) in [5, 5.41) is 8.91. The number of aliphatic carboxylic acids is 1. The van der Waals surface area contributed by atoms with Gasteiger partial charge in [0, 0.05) is 0 Å². The summed E-state index contributed by atoms with van der Waals surface area (Å²) in [5.41, 5.74) is 0.734. The number of carboxylic acid groups (broad SMARTS) is 1. The van der Waals surface area contributed by atoms with Crippen LogP contribution < -0.4 is 0 Å². The van der Waals surface area contributed by atoms with Gasteiger partial charge in [0.15, 0.2) is 0 Å². The van der Waals surface area contributed by atoms with E-state index in [1.165, 1.54) is 12.1 Å². The highest BCUT2D eigenvalue weighted by molar-refractivity contribution is 5.70. The molecule has 2 nitrogen and oxygen atoms in total. The van der Waals surface area contributed by atoms with E-state index in [-0.39, 0.29) is 17.9 Å². The molecule has 2 aromatic carbocycles. The zero-order valence-electron chi connectivity index (χ0n) is 12.6. The fourth-order valence-corrected chi connectivity index (χ4v) is 2.63. The normalized spacial score (nSPS) is 12.9. The molecule has 0 fully saturated rings. The maximum absolute atomic E-state index is 13.1. The van der Waals surface area contributed by atoms with Gasteiger partial charge in [-0.1, -0.05) is 49.4 Å². The zero-order chi connectivity index (χ0) is 17.0. The summed E-state index contributed by atoms with van der Waals surface area (Å²) in [6, 6.07) is 12.1. The Morgan fingerprint density at radius 1 is 1.09 bits per heavy atom. The van der Waals surface area contributed by atoms with Crippen LogP contribution in [0.5, 0.6) is 0 Å². The van der Waals surface area contributed by atoms with E-state index in [9.17, 15) is 18.0 Å². The Balaban J connectivity index is 2.36. The molecule has 0 aliphatic carbocycles. The van der Waals surface area contributed by atoms with Crippen LogP contribution in [0, 0.1) is 0 Å². The smallest absolute Gasteiger partial charge is 0.417 e. The van der Waals surface area contributed by atoms with Gasteiger partial charge in [0.25, 0.3) is 0 Å². The third kappa shape index (κ3) is 4.12. The molecule has 0 aliphatic rings. The van der Waals surface area contributed by atoms with Gasteiger partial charge in [0.2, 0.25) is 0 Å². The van der Waals surface area contributed by atoms with Crippen LogP contribution in [0.4, 0.5) is 13.2 Å². The zero-order valence-corrected chi connectivity index (χ0v) is 12.6. The predicted octanol–water partition coefficient (Wildman–Crippen LogP) is 5.34. The SMILES string of the molecule is CCC(CC(=O)O)c1ccc(-c2ccccc2C(F)(F)F)cc1. The van der Waals surface area contributed by atoms with Crippen molar-refractivity contribution in [3.63, 3.8) is 0 Å². The predicted molar refractivity (Wildman–Crippen MR) is 82.2 cm³/mol. The van der Waals surface area contributed by atoms with Gasteiger partial charge >= 0.3 is 12.1 Å². The maximum Gasteiger partial charge on any atom is 0.417 e. The molecule has 1 unspecified atom stereocenters. The van der Waals surface area contributed by atoms with Crippen molar-refractivity contribution in [2.45, 2.75) is 31.9 Å². The first-order valence-corrected chi connectivity index (χ1v) is 7.31. The van der Waals surface area contributed by atoms with Crippen molar-refractivity contribution in [1.29, 1.82) is 0 Å². The lowest BCUT2D eigenvalue weighted by Crippen LogP contribution is -2.07. The quantitative estimate of drug-likeness (QED) is 0.806. The van der Waals surface area contributed by atoms with Gasteiger partial charge in [-0.2, -0.15) is 13.2 Å². The van der Waals surface area contributed by atoms with Gasteiger partial charge in [0.05, 0.1) is 12.0 Å². The second-order valence-corrected chi connectivity index (χ2v) is 5.37. The molecule has 0 spiro atoms. The Morgan fingerprint density at radius 2 is 1.70 bits per heavy atom. The second kappa shape index (κ2) is 6.86. The molecular formula is C18H17F3O2. The highest BCUT2D eigenvalue weighted by atomic mass is 19.4. The minimum absolute atomic E-state index is 0.00891. The number of hydrogen-bond donors (Lipinski definition) is 1. The van der Waals surface area contributed by atoms with Crippen LogP contribution >= 0.6 is 0 Å². The molecule has 0 bridgehead atoms. The number of alkyl halides is 3. The molecule has 0 saturated carbocycles. The first kappa shape index (κ1) is 17.1. The molecular weight excluding hydrogens is 305 g/mol. The van der Waals surface area contributed by atoms with Crippen molar-refractivity contribution >= 4 is 5.97 Å². The van der Waals surface area contributed by atoms with Crippen LogP contribution in [0.15, 0.2) is 48.5 Å². The van der Waals surface area contributed by atoms with Gasteiger partial charge in [-0.3, -0.25) is 4.79 Å². The van der Waals surface area contributed by atoms with Gasteiger partial charge < -0.3 is 5.11 Å². The van der Waals surface area contributed by atoms with Crippen molar-refractivity contribution in [2.75, 3.05) is 0 Å². The molecule has 1 atom stereocenters. The molecule has 122 valence electrons. The molecule has 23 heavy (non-hydrogen) atoms. The van der Waals surface area contributed by atoms with Crippen LogP contribution in [0.3, 0.4) is 0 Å². The largest absolute Gasteiger partial charge is 0.481 e. The number of halogens is 3. The molecule has 0 aliphatic heterocycles. The van der Waals surface area contributed by atoms with E-state index in [0.717, 1.165) is 11.6 Å². The van der Waals surface area contributed by atoms with E-state index in [2.05, 4.69) is 0 Å². The Bertz CT molecular complexity index is 675. The van der Waals surface area contributed by atoms with E-state index in [1.807, 2.05) is 6.92 Å². The fraction of sp³-hybridized carbons (Fsp3) is 0.278. The van der Waals surface area contributed by atoms with E-state index in [1.54, 1.807) is 30.3 Å². The minimum Gasteiger partial charge on any atom is -0.481 e. The molecule has 0 amide bonds. The summed E-state index contributed by atoms with van der Waals surface area (Å²) >= 11 is 0. The average Bonchev–Trinajstić information content (AvgIpc) is 2.52. The fourth-order valence-electron chi connectivity index (χ4n) is 2.63. The number of carbonyl (C=O) groups is 1. The molecule has 0 radical (unpaired) electrons. The summed E-state index contributed by atoms with van der Waals surface area (Å²) in [5.74, 6) is -1.03. The van der Waals surface area contributed by atoms with Crippen LogP contribution in [0.2, 0.25) is 0 Å². The first-order valence-electron chi connectivity index (χ1n) is 7.31. The van der Waals surface area contributed by atoms with E-state index >= 15 is 0 Å². The molecule has 5 heteroatoms. The van der Waals surface area contributed by atoms with Crippen molar-refractivity contribution in [3.8, 4) is 11.1 Å². The lowest BCUT2D eigenvalue weighted by atomic mass is 9.91. The third-order valence-corrected chi connectivity index (χ3v) is 3.84. The van der Waals surface area contributed by atoms with Gasteiger partial charge in [-0.25, -0.2) is 0 Å². The van der Waals surface area contributed by atoms with E-state index in [0.29, 0.717) is 12.0 Å². The summed E-state index contributed by atoms with van der Waals surface area (Å²) < 4.78 is 39.2. The van der Waals surface area contributed by atoms with Crippen molar-refractivity contribution in [2.24, 2.45) is 0 Å². The van der Waals surface area contributed by atoms with Crippen molar-refractivity contribution in [3.05, 3.63) is 59.7 Å². The third-order valence-electron chi connectivity index (χ3n) is 3.84. The van der Waals surface area contributed by atoms with E-state index < -0.39 is 17.7 Å². The monoisotopic (exact) mass is 322 g/mol. The lowest BCUT2D eigenvalue weighted by Gasteiger charge is -2.15. The maximum atomic E-state index is 13.1. The first-order chi connectivity index (χ1) is 10.8. The average molecular weight is 322 g/mol. The number of benzene rings is 2. The van der Waals surface area contributed by atoms with Crippen LogP contribution in [-0.2, 0) is 11.0 Å². The van der Waals surface area contributed by atoms with Crippen LogP contribution in [-0.4, -0.2) is 11.1 Å². The Kier molecular flexibility index (Phi) is 5.08. The van der Waals surface area contributed by atoms with Gasteiger partial charge in [0.1, 0.15) is 0 Å². The number of hydrogen-bond acceptors (Lipinski definition) is 1. The minimum atomic E-state index is -4.41.